The molecule has 1 aromatic heterocycles. The molecule has 1 aromatic carbocycles. The summed E-state index contributed by atoms with van der Waals surface area (Å²) in [4.78, 5) is 22.2. The minimum atomic E-state index is -0.885. The van der Waals surface area contributed by atoms with Gasteiger partial charge in [0.15, 0.2) is 5.43 Å². The molecule has 0 unspecified atom stereocenters. The molecule has 4 nitrogen and oxygen atoms in total. The van der Waals surface area contributed by atoms with Gasteiger partial charge in [-0.25, -0.2) is 0 Å². The monoisotopic (exact) mass is 251 g/mol. The van der Waals surface area contributed by atoms with Crippen LogP contribution in [0, 0.1) is 0 Å². The van der Waals surface area contributed by atoms with Crippen LogP contribution in [0.25, 0.3) is 10.9 Å². The second-order valence-electron chi connectivity index (χ2n) is 3.65. The number of hydrogen-bond donors (Lipinski definition) is 1. The van der Waals surface area contributed by atoms with Crippen molar-refractivity contribution in [3.63, 3.8) is 0 Å². The molecule has 0 saturated carbocycles. The number of halogens is 1. The first-order chi connectivity index (χ1) is 8.09. The molecule has 1 N–H and O–H groups in total. The molecular formula is C12H10ClNO3. The number of benzene rings is 1. The van der Waals surface area contributed by atoms with Crippen molar-refractivity contribution in [2.24, 2.45) is 0 Å². The Kier molecular flexibility index (Phi) is 3.15. The Hall–Kier alpha value is -1.81. The van der Waals surface area contributed by atoms with Crippen molar-refractivity contribution in [3.8, 4) is 0 Å². The molecule has 0 aliphatic heterocycles. The van der Waals surface area contributed by atoms with Gasteiger partial charge in [-0.05, 0) is 12.1 Å². The third-order valence-electron chi connectivity index (χ3n) is 2.51. The number of aromatic nitrogens is 1. The molecule has 0 aliphatic carbocycles. The van der Waals surface area contributed by atoms with Crippen LogP contribution in [0.15, 0.2) is 35.3 Å². The predicted octanol–water partition coefficient (Wildman–Crippen LogP) is 2.13. The number of para-hydroxylation sites is 1. The lowest BCUT2D eigenvalue weighted by molar-refractivity contribution is -0.137. The lowest BCUT2D eigenvalue weighted by atomic mass is 10.2. The van der Waals surface area contributed by atoms with Gasteiger partial charge in [-0.15, -0.1) is 0 Å². The summed E-state index contributed by atoms with van der Waals surface area (Å²) >= 11 is 6.04. The van der Waals surface area contributed by atoms with Gasteiger partial charge >= 0.3 is 5.97 Å². The largest absolute Gasteiger partial charge is 0.481 e. The highest BCUT2D eigenvalue weighted by Gasteiger charge is 2.07. The highest BCUT2D eigenvalue weighted by atomic mass is 35.5. The number of fused-ring (bicyclic) bond motifs is 1. The molecule has 0 bridgehead atoms. The summed E-state index contributed by atoms with van der Waals surface area (Å²) in [6.07, 6.45) is 1.56. The lowest BCUT2D eigenvalue weighted by Crippen LogP contribution is -2.10. The molecule has 0 saturated heterocycles. The van der Waals surface area contributed by atoms with Crippen molar-refractivity contribution >= 4 is 28.5 Å². The van der Waals surface area contributed by atoms with Crippen LogP contribution >= 0.6 is 11.6 Å². The van der Waals surface area contributed by atoms with Gasteiger partial charge < -0.3 is 9.67 Å². The highest BCUT2D eigenvalue weighted by molar-refractivity contribution is 6.35. The van der Waals surface area contributed by atoms with Crippen molar-refractivity contribution < 1.29 is 9.90 Å². The number of carboxylic acids is 1. The molecule has 0 amide bonds. The van der Waals surface area contributed by atoms with Crippen LogP contribution in [0.3, 0.4) is 0 Å². The summed E-state index contributed by atoms with van der Waals surface area (Å²) in [7, 11) is 0. The maximum Gasteiger partial charge on any atom is 0.305 e. The quantitative estimate of drug-likeness (QED) is 0.909. The molecular weight excluding hydrogens is 242 g/mol. The number of rotatable bonds is 3. The summed E-state index contributed by atoms with van der Waals surface area (Å²) in [5, 5.41) is 9.62. The van der Waals surface area contributed by atoms with Crippen LogP contribution in [-0.2, 0) is 11.3 Å². The van der Waals surface area contributed by atoms with Gasteiger partial charge in [0.25, 0.3) is 0 Å². The average molecular weight is 252 g/mol. The highest BCUT2D eigenvalue weighted by Crippen LogP contribution is 2.20. The van der Waals surface area contributed by atoms with Crippen molar-refractivity contribution in [1.82, 2.24) is 4.57 Å². The van der Waals surface area contributed by atoms with Gasteiger partial charge in [0.05, 0.1) is 17.0 Å². The number of aliphatic carboxylic acids is 1. The Morgan fingerprint density at radius 3 is 2.82 bits per heavy atom. The number of hydrogen-bond acceptors (Lipinski definition) is 2. The van der Waals surface area contributed by atoms with Gasteiger partial charge in [0.1, 0.15) is 0 Å². The fourth-order valence-corrected chi connectivity index (χ4v) is 2.01. The Morgan fingerprint density at radius 1 is 1.35 bits per heavy atom. The second-order valence-corrected chi connectivity index (χ2v) is 4.06. The molecule has 0 atom stereocenters. The van der Waals surface area contributed by atoms with Crippen LogP contribution in [0.5, 0.6) is 0 Å². The third-order valence-corrected chi connectivity index (χ3v) is 2.82. The van der Waals surface area contributed by atoms with E-state index < -0.39 is 5.97 Å². The average Bonchev–Trinajstić information content (AvgIpc) is 2.29. The maximum absolute atomic E-state index is 11.6. The smallest absolute Gasteiger partial charge is 0.305 e. The first kappa shape index (κ1) is 11.7. The molecule has 5 heteroatoms. The minimum Gasteiger partial charge on any atom is -0.481 e. The van der Waals surface area contributed by atoms with Gasteiger partial charge in [-0.2, -0.15) is 0 Å². The van der Waals surface area contributed by atoms with Gasteiger partial charge in [0.2, 0.25) is 0 Å². The summed E-state index contributed by atoms with van der Waals surface area (Å²) in [5.41, 5.74) is 0.469. The van der Waals surface area contributed by atoms with E-state index in [9.17, 15) is 9.59 Å². The maximum atomic E-state index is 11.6. The molecule has 0 radical (unpaired) electrons. The van der Waals surface area contributed by atoms with E-state index >= 15 is 0 Å². The van der Waals surface area contributed by atoms with E-state index in [0.29, 0.717) is 15.9 Å². The Labute approximate surface area is 102 Å². The second kappa shape index (κ2) is 4.59. The SMILES string of the molecule is O=C(O)CCn1ccc(=O)c2cccc(Cl)c21. The molecule has 0 aliphatic rings. The zero-order valence-corrected chi connectivity index (χ0v) is 9.65. The molecule has 1 heterocycles. The Morgan fingerprint density at radius 2 is 2.12 bits per heavy atom. The van der Waals surface area contributed by atoms with E-state index in [0.717, 1.165) is 0 Å². The summed E-state index contributed by atoms with van der Waals surface area (Å²) < 4.78 is 1.69. The molecule has 2 rings (SSSR count). The first-order valence-corrected chi connectivity index (χ1v) is 5.47. The molecule has 17 heavy (non-hydrogen) atoms. The van der Waals surface area contributed by atoms with Crippen LogP contribution in [0.4, 0.5) is 0 Å². The van der Waals surface area contributed by atoms with E-state index in [4.69, 9.17) is 16.7 Å². The molecule has 0 spiro atoms. The number of carboxylic acid groups (broad SMARTS) is 1. The number of pyridine rings is 1. The molecule has 2 aromatic rings. The molecule has 0 fully saturated rings. The van der Waals surface area contributed by atoms with E-state index in [-0.39, 0.29) is 18.4 Å². The summed E-state index contributed by atoms with van der Waals surface area (Å²) in [6, 6.07) is 6.48. The normalized spacial score (nSPS) is 10.6. The van der Waals surface area contributed by atoms with Crippen molar-refractivity contribution in [2.75, 3.05) is 0 Å². The van der Waals surface area contributed by atoms with Crippen LogP contribution in [0.2, 0.25) is 5.02 Å². The lowest BCUT2D eigenvalue weighted by Gasteiger charge is -2.10. The number of nitrogens with zero attached hydrogens (tertiary/aromatic N) is 1. The van der Waals surface area contributed by atoms with Crippen LogP contribution in [-0.4, -0.2) is 15.6 Å². The zero-order valence-electron chi connectivity index (χ0n) is 8.89. The molecule has 88 valence electrons. The van der Waals surface area contributed by atoms with E-state index in [1.807, 2.05) is 0 Å². The first-order valence-electron chi connectivity index (χ1n) is 5.09. The third kappa shape index (κ3) is 2.31. The van der Waals surface area contributed by atoms with Crippen molar-refractivity contribution in [1.29, 1.82) is 0 Å². The van der Waals surface area contributed by atoms with Crippen LogP contribution < -0.4 is 5.43 Å². The van der Waals surface area contributed by atoms with Crippen molar-refractivity contribution in [3.05, 3.63) is 45.7 Å². The Bertz CT molecular complexity index is 633. The van der Waals surface area contributed by atoms with Gasteiger partial charge in [0, 0.05) is 24.2 Å². The number of carbonyl (C=O) groups is 1. The minimum absolute atomic E-state index is 0.0107. The fraction of sp³-hybridized carbons (Fsp3) is 0.167. The summed E-state index contributed by atoms with van der Waals surface area (Å²) in [5.74, 6) is -0.885. The Balaban J connectivity index is 2.60. The van der Waals surface area contributed by atoms with E-state index in [2.05, 4.69) is 0 Å². The van der Waals surface area contributed by atoms with Gasteiger partial charge in [-0.3, -0.25) is 9.59 Å². The predicted molar refractivity (Wildman–Crippen MR) is 65.5 cm³/mol. The van der Waals surface area contributed by atoms with Crippen molar-refractivity contribution in [2.45, 2.75) is 13.0 Å². The van der Waals surface area contributed by atoms with Gasteiger partial charge in [-0.1, -0.05) is 17.7 Å². The van der Waals surface area contributed by atoms with E-state index in [1.54, 1.807) is 29.0 Å². The number of aryl methyl sites for hydroxylation is 1. The fourth-order valence-electron chi connectivity index (χ4n) is 1.73. The summed E-state index contributed by atoms with van der Waals surface area (Å²) in [6.45, 7) is 0.288. The van der Waals surface area contributed by atoms with Crippen LogP contribution in [0.1, 0.15) is 6.42 Å². The zero-order chi connectivity index (χ0) is 12.4. The standard InChI is InChI=1S/C12H10ClNO3/c13-9-3-1-2-8-10(15)4-6-14(12(8)9)7-5-11(16)17/h1-4,6H,5,7H2,(H,16,17). The topological polar surface area (TPSA) is 59.3 Å². The van der Waals surface area contributed by atoms with E-state index in [1.165, 1.54) is 6.07 Å².